The molecule has 8 heteroatoms. The number of esters is 1. The van der Waals surface area contributed by atoms with Gasteiger partial charge in [-0.25, -0.2) is 17.9 Å². The third-order valence-electron chi connectivity index (χ3n) is 3.43. The highest BCUT2D eigenvalue weighted by Crippen LogP contribution is 2.19. The van der Waals surface area contributed by atoms with Gasteiger partial charge in [-0.15, -0.1) is 0 Å². The average Bonchev–Trinajstić information content (AvgIpc) is 2.61. The van der Waals surface area contributed by atoms with Gasteiger partial charge >= 0.3 is 5.97 Å². The first-order valence-electron chi connectivity index (χ1n) is 8.04. The summed E-state index contributed by atoms with van der Waals surface area (Å²) in [5, 5.41) is 0.469. The lowest BCUT2D eigenvalue weighted by Gasteiger charge is -2.12. The van der Waals surface area contributed by atoms with Crippen LogP contribution >= 0.6 is 11.6 Å². The monoisotopic (exact) mass is 397 g/mol. The topological polar surface area (TPSA) is 81.7 Å². The first-order valence-corrected chi connectivity index (χ1v) is 9.90. The standard InChI is InChI=1S/C18H20ClNO5S/c1-2-24-18(21)13-25-17-6-4-3-5-14(17)11-12-20-26(22,23)16-9-7-15(19)8-10-16/h3-10,20H,2,11-13H2,1H3. The quantitative estimate of drug-likeness (QED) is 0.658. The molecule has 6 nitrogen and oxygen atoms in total. The van der Waals surface area contributed by atoms with Gasteiger partial charge in [0.25, 0.3) is 0 Å². The summed E-state index contributed by atoms with van der Waals surface area (Å²) < 4.78 is 37.3. The number of hydrogen-bond acceptors (Lipinski definition) is 5. The van der Waals surface area contributed by atoms with Crippen LogP contribution in [-0.4, -0.2) is 34.1 Å². The van der Waals surface area contributed by atoms with Crippen molar-refractivity contribution in [2.75, 3.05) is 19.8 Å². The SMILES string of the molecule is CCOC(=O)COc1ccccc1CCNS(=O)(=O)c1ccc(Cl)cc1. The van der Waals surface area contributed by atoms with Crippen LogP contribution in [0.15, 0.2) is 53.4 Å². The van der Waals surface area contributed by atoms with Gasteiger partial charge in [-0.1, -0.05) is 29.8 Å². The molecule has 0 atom stereocenters. The van der Waals surface area contributed by atoms with Gasteiger partial charge in [0.05, 0.1) is 11.5 Å². The van der Waals surface area contributed by atoms with Crippen molar-refractivity contribution in [3.63, 3.8) is 0 Å². The van der Waals surface area contributed by atoms with E-state index in [0.29, 0.717) is 17.2 Å². The van der Waals surface area contributed by atoms with Gasteiger partial charge in [-0.05, 0) is 49.2 Å². The summed E-state index contributed by atoms with van der Waals surface area (Å²) in [6, 6.07) is 13.1. The summed E-state index contributed by atoms with van der Waals surface area (Å²) in [5.74, 6) is 0.0667. The molecule has 140 valence electrons. The van der Waals surface area contributed by atoms with E-state index in [-0.39, 0.29) is 24.7 Å². The maximum absolute atomic E-state index is 12.3. The van der Waals surface area contributed by atoms with Crippen molar-refractivity contribution in [1.82, 2.24) is 4.72 Å². The highest BCUT2D eigenvalue weighted by Gasteiger charge is 2.14. The number of sulfonamides is 1. The van der Waals surface area contributed by atoms with E-state index in [9.17, 15) is 13.2 Å². The van der Waals surface area contributed by atoms with Crippen LogP contribution in [0.1, 0.15) is 12.5 Å². The molecule has 0 bridgehead atoms. The number of nitrogens with one attached hydrogen (secondary N) is 1. The number of para-hydroxylation sites is 1. The zero-order valence-electron chi connectivity index (χ0n) is 14.3. The number of benzene rings is 2. The van der Waals surface area contributed by atoms with Crippen molar-refractivity contribution in [3.05, 3.63) is 59.1 Å². The zero-order chi connectivity index (χ0) is 19.0. The minimum absolute atomic E-state index is 0.147. The molecule has 0 fully saturated rings. The minimum Gasteiger partial charge on any atom is -0.482 e. The van der Waals surface area contributed by atoms with Gasteiger partial charge in [0.15, 0.2) is 6.61 Å². The maximum Gasteiger partial charge on any atom is 0.344 e. The van der Waals surface area contributed by atoms with E-state index in [4.69, 9.17) is 21.1 Å². The Morgan fingerprint density at radius 3 is 2.50 bits per heavy atom. The lowest BCUT2D eigenvalue weighted by Crippen LogP contribution is -2.26. The highest BCUT2D eigenvalue weighted by atomic mass is 35.5. The van der Waals surface area contributed by atoms with Gasteiger partial charge < -0.3 is 9.47 Å². The number of rotatable bonds is 9. The number of hydrogen-bond donors (Lipinski definition) is 1. The second-order valence-corrected chi connectivity index (χ2v) is 7.51. The van der Waals surface area contributed by atoms with Crippen LogP contribution in [-0.2, 0) is 26.0 Å². The second-order valence-electron chi connectivity index (χ2n) is 5.30. The van der Waals surface area contributed by atoms with E-state index in [1.54, 1.807) is 19.1 Å². The first kappa shape index (κ1) is 20.2. The summed E-state index contributed by atoms with van der Waals surface area (Å²) in [5.41, 5.74) is 0.788. The number of carbonyl (C=O) groups excluding carboxylic acids is 1. The van der Waals surface area contributed by atoms with Gasteiger partial charge in [-0.2, -0.15) is 0 Å². The summed E-state index contributed by atoms with van der Waals surface area (Å²) in [6.45, 7) is 2.00. The van der Waals surface area contributed by atoms with Crippen molar-refractivity contribution in [2.24, 2.45) is 0 Å². The molecule has 0 unspecified atom stereocenters. The van der Waals surface area contributed by atoms with Crippen LogP contribution in [0.3, 0.4) is 0 Å². The van der Waals surface area contributed by atoms with Crippen LogP contribution in [0.2, 0.25) is 5.02 Å². The molecule has 2 aromatic rings. The van der Waals surface area contributed by atoms with Crippen LogP contribution in [0.5, 0.6) is 5.75 Å². The Morgan fingerprint density at radius 1 is 1.12 bits per heavy atom. The number of halogens is 1. The van der Waals surface area contributed by atoms with Crippen molar-refractivity contribution in [3.8, 4) is 5.75 Å². The molecule has 0 aromatic heterocycles. The second kappa shape index (κ2) is 9.56. The summed E-state index contributed by atoms with van der Waals surface area (Å²) in [7, 11) is -3.62. The molecule has 0 saturated carbocycles. The number of ether oxygens (including phenoxy) is 2. The predicted octanol–water partition coefficient (Wildman–Crippen LogP) is 2.80. The summed E-state index contributed by atoms with van der Waals surface area (Å²) in [6.07, 6.45) is 0.409. The molecule has 26 heavy (non-hydrogen) atoms. The van der Waals surface area contributed by atoms with Crippen LogP contribution in [0.4, 0.5) is 0 Å². The molecular weight excluding hydrogens is 378 g/mol. The molecule has 0 saturated heterocycles. The average molecular weight is 398 g/mol. The molecule has 0 aliphatic rings. The molecule has 2 rings (SSSR count). The molecule has 0 spiro atoms. The lowest BCUT2D eigenvalue weighted by molar-refractivity contribution is -0.145. The largest absolute Gasteiger partial charge is 0.482 e. The van der Waals surface area contributed by atoms with Crippen molar-refractivity contribution >= 4 is 27.6 Å². The molecule has 1 N–H and O–H groups in total. The van der Waals surface area contributed by atoms with E-state index in [0.717, 1.165) is 5.56 Å². The fraction of sp³-hybridized carbons (Fsp3) is 0.278. The summed E-state index contributed by atoms with van der Waals surface area (Å²) in [4.78, 5) is 11.6. The predicted molar refractivity (Wildman–Crippen MR) is 98.9 cm³/mol. The van der Waals surface area contributed by atoms with Gasteiger partial charge in [0, 0.05) is 11.6 Å². The van der Waals surface area contributed by atoms with Gasteiger partial charge in [0.2, 0.25) is 10.0 Å². The Morgan fingerprint density at radius 2 is 1.81 bits per heavy atom. The molecule has 2 aromatic carbocycles. The molecule has 0 aliphatic heterocycles. The molecule has 0 heterocycles. The van der Waals surface area contributed by atoms with E-state index in [1.165, 1.54) is 24.3 Å². The third kappa shape index (κ3) is 6.01. The summed E-state index contributed by atoms with van der Waals surface area (Å²) >= 11 is 5.77. The van der Waals surface area contributed by atoms with E-state index >= 15 is 0 Å². The van der Waals surface area contributed by atoms with Crippen LogP contribution in [0, 0.1) is 0 Å². The lowest BCUT2D eigenvalue weighted by atomic mass is 10.1. The molecule has 0 radical (unpaired) electrons. The first-order chi connectivity index (χ1) is 12.4. The Labute approximate surface area is 158 Å². The Balaban J connectivity index is 1.95. The Kier molecular flexibility index (Phi) is 7.44. The van der Waals surface area contributed by atoms with Gasteiger partial charge in [0.1, 0.15) is 5.75 Å². The van der Waals surface area contributed by atoms with Crippen molar-refractivity contribution in [2.45, 2.75) is 18.2 Å². The third-order valence-corrected chi connectivity index (χ3v) is 5.16. The fourth-order valence-electron chi connectivity index (χ4n) is 2.21. The molecular formula is C18H20ClNO5S. The molecule has 0 aliphatic carbocycles. The van der Waals surface area contributed by atoms with Crippen molar-refractivity contribution in [1.29, 1.82) is 0 Å². The van der Waals surface area contributed by atoms with E-state index in [1.807, 2.05) is 12.1 Å². The maximum atomic E-state index is 12.3. The highest BCUT2D eigenvalue weighted by molar-refractivity contribution is 7.89. The van der Waals surface area contributed by atoms with Crippen LogP contribution < -0.4 is 9.46 Å². The fourth-order valence-corrected chi connectivity index (χ4v) is 3.37. The van der Waals surface area contributed by atoms with Crippen LogP contribution in [0.25, 0.3) is 0 Å². The van der Waals surface area contributed by atoms with E-state index in [2.05, 4.69) is 4.72 Å². The van der Waals surface area contributed by atoms with E-state index < -0.39 is 16.0 Å². The zero-order valence-corrected chi connectivity index (χ0v) is 15.8. The number of carbonyl (C=O) groups is 1. The Hall–Kier alpha value is -2.09. The normalized spacial score (nSPS) is 11.2. The van der Waals surface area contributed by atoms with Gasteiger partial charge in [-0.3, -0.25) is 0 Å². The minimum atomic E-state index is -3.62. The van der Waals surface area contributed by atoms with Crippen molar-refractivity contribution < 1.29 is 22.7 Å². The molecule has 0 amide bonds. The smallest absolute Gasteiger partial charge is 0.344 e. The Bertz CT molecular complexity index is 837.